The van der Waals surface area contributed by atoms with Crippen LogP contribution in [-0.2, 0) is 6.54 Å². The Bertz CT molecular complexity index is 352. The summed E-state index contributed by atoms with van der Waals surface area (Å²) < 4.78 is 13.1. The summed E-state index contributed by atoms with van der Waals surface area (Å²) >= 11 is 0. The normalized spacial score (nSPS) is 13.0. The van der Waals surface area contributed by atoms with Crippen LogP contribution in [0.1, 0.15) is 39.2 Å². The van der Waals surface area contributed by atoms with E-state index >= 15 is 0 Å². The van der Waals surface area contributed by atoms with Gasteiger partial charge in [0.25, 0.3) is 0 Å². The highest BCUT2D eigenvalue weighted by atomic mass is 19.1. The summed E-state index contributed by atoms with van der Waals surface area (Å²) in [5, 5.41) is 12.8. The van der Waals surface area contributed by atoms with E-state index in [9.17, 15) is 9.50 Å². The van der Waals surface area contributed by atoms with Gasteiger partial charge in [0.05, 0.1) is 0 Å². The van der Waals surface area contributed by atoms with Crippen molar-refractivity contribution in [1.29, 1.82) is 0 Å². The van der Waals surface area contributed by atoms with Gasteiger partial charge in [-0.15, -0.1) is 0 Å². The minimum atomic E-state index is -0.556. The van der Waals surface area contributed by atoms with Gasteiger partial charge < -0.3 is 10.4 Å². The number of phenols is 1. The quantitative estimate of drug-likeness (QED) is 0.797. The number of hydrogen-bond acceptors (Lipinski definition) is 2. The number of aromatic hydroxyl groups is 1. The molecule has 1 aromatic carbocycles. The number of phenolic OH excluding ortho intramolecular Hbond substituents is 1. The summed E-state index contributed by atoms with van der Waals surface area (Å²) in [5.74, 6) is -0.1000. The van der Waals surface area contributed by atoms with E-state index in [1.807, 2.05) is 0 Å². The molecular formula is C14H22FNO. The second-order valence-electron chi connectivity index (χ2n) is 5.00. The first kappa shape index (κ1) is 14.0. The van der Waals surface area contributed by atoms with Gasteiger partial charge in [0.1, 0.15) is 0 Å². The smallest absolute Gasteiger partial charge is 0.165 e. The van der Waals surface area contributed by atoms with E-state index in [2.05, 4.69) is 26.1 Å². The van der Waals surface area contributed by atoms with Crippen LogP contribution in [0.2, 0.25) is 0 Å². The van der Waals surface area contributed by atoms with E-state index in [-0.39, 0.29) is 5.75 Å². The monoisotopic (exact) mass is 239 g/mol. The van der Waals surface area contributed by atoms with Crippen LogP contribution in [0.4, 0.5) is 4.39 Å². The Morgan fingerprint density at radius 3 is 2.59 bits per heavy atom. The van der Waals surface area contributed by atoms with Gasteiger partial charge in [0.15, 0.2) is 11.6 Å². The first-order valence-corrected chi connectivity index (χ1v) is 6.20. The molecule has 0 saturated heterocycles. The Morgan fingerprint density at radius 2 is 1.94 bits per heavy atom. The molecule has 0 amide bonds. The zero-order chi connectivity index (χ0) is 12.8. The number of para-hydroxylation sites is 1. The standard InChI is InChI=1S/C14H22FNO/c1-10(2)7-8-11(3)16-9-12-5-4-6-13(15)14(12)17/h4-6,10-11,16-17H,7-9H2,1-3H3. The number of halogens is 1. The minimum Gasteiger partial charge on any atom is -0.505 e. The molecule has 0 aliphatic heterocycles. The molecule has 96 valence electrons. The van der Waals surface area contributed by atoms with Crippen LogP contribution in [0, 0.1) is 11.7 Å². The molecule has 0 aliphatic rings. The van der Waals surface area contributed by atoms with Crippen molar-refractivity contribution in [1.82, 2.24) is 5.32 Å². The van der Waals surface area contributed by atoms with Gasteiger partial charge in [-0.1, -0.05) is 26.0 Å². The molecule has 0 saturated carbocycles. The Hall–Kier alpha value is -1.09. The number of rotatable bonds is 6. The highest BCUT2D eigenvalue weighted by Crippen LogP contribution is 2.20. The van der Waals surface area contributed by atoms with Crippen LogP contribution >= 0.6 is 0 Å². The fourth-order valence-electron chi connectivity index (χ4n) is 1.67. The Morgan fingerprint density at radius 1 is 1.24 bits per heavy atom. The number of benzene rings is 1. The first-order chi connectivity index (χ1) is 8.00. The fourth-order valence-corrected chi connectivity index (χ4v) is 1.67. The van der Waals surface area contributed by atoms with E-state index in [4.69, 9.17) is 0 Å². The van der Waals surface area contributed by atoms with Crippen molar-refractivity contribution in [3.8, 4) is 5.75 Å². The third-order valence-electron chi connectivity index (χ3n) is 2.89. The van der Waals surface area contributed by atoms with Crippen molar-refractivity contribution in [2.45, 2.75) is 46.2 Å². The van der Waals surface area contributed by atoms with Crippen molar-refractivity contribution < 1.29 is 9.50 Å². The van der Waals surface area contributed by atoms with Crippen LogP contribution in [0.3, 0.4) is 0 Å². The third-order valence-corrected chi connectivity index (χ3v) is 2.89. The molecule has 0 fully saturated rings. The molecule has 1 aromatic rings. The maximum atomic E-state index is 13.1. The van der Waals surface area contributed by atoms with Gasteiger partial charge >= 0.3 is 0 Å². The molecule has 0 heterocycles. The topological polar surface area (TPSA) is 32.3 Å². The lowest BCUT2D eigenvalue weighted by atomic mass is 10.0. The largest absolute Gasteiger partial charge is 0.505 e. The Balaban J connectivity index is 2.42. The molecular weight excluding hydrogens is 217 g/mol. The lowest BCUT2D eigenvalue weighted by Crippen LogP contribution is -2.25. The lowest BCUT2D eigenvalue weighted by Gasteiger charge is -2.15. The summed E-state index contributed by atoms with van der Waals surface area (Å²) in [7, 11) is 0. The second-order valence-corrected chi connectivity index (χ2v) is 5.00. The molecule has 0 spiro atoms. The van der Waals surface area contributed by atoms with Crippen molar-refractivity contribution in [3.63, 3.8) is 0 Å². The van der Waals surface area contributed by atoms with Crippen LogP contribution in [0.15, 0.2) is 18.2 Å². The summed E-state index contributed by atoms with van der Waals surface area (Å²) in [6, 6.07) is 4.99. The predicted octanol–water partition coefficient (Wildman–Crippen LogP) is 3.45. The third kappa shape index (κ3) is 4.73. The molecule has 1 rings (SSSR count). The highest BCUT2D eigenvalue weighted by Gasteiger charge is 2.08. The van der Waals surface area contributed by atoms with Crippen molar-refractivity contribution in [3.05, 3.63) is 29.6 Å². The van der Waals surface area contributed by atoms with Crippen LogP contribution < -0.4 is 5.32 Å². The molecule has 0 radical (unpaired) electrons. The van der Waals surface area contributed by atoms with Gasteiger partial charge in [-0.3, -0.25) is 0 Å². The lowest BCUT2D eigenvalue weighted by molar-refractivity contribution is 0.413. The number of hydrogen-bond donors (Lipinski definition) is 2. The van der Waals surface area contributed by atoms with Gasteiger partial charge in [-0.25, -0.2) is 4.39 Å². The van der Waals surface area contributed by atoms with Crippen LogP contribution in [-0.4, -0.2) is 11.1 Å². The minimum absolute atomic E-state index is 0.240. The average molecular weight is 239 g/mol. The molecule has 3 heteroatoms. The summed E-state index contributed by atoms with van der Waals surface area (Å²) in [6.07, 6.45) is 2.26. The maximum Gasteiger partial charge on any atom is 0.165 e. The molecule has 0 aromatic heterocycles. The molecule has 1 unspecified atom stereocenters. The molecule has 2 nitrogen and oxygen atoms in total. The highest BCUT2D eigenvalue weighted by molar-refractivity contribution is 5.33. The molecule has 2 N–H and O–H groups in total. The number of nitrogens with one attached hydrogen (secondary N) is 1. The Kier molecular flexibility index (Phi) is 5.42. The Labute approximate surface area is 103 Å². The van der Waals surface area contributed by atoms with E-state index in [0.717, 1.165) is 6.42 Å². The van der Waals surface area contributed by atoms with E-state index < -0.39 is 5.82 Å². The molecule has 0 aliphatic carbocycles. The van der Waals surface area contributed by atoms with E-state index in [1.54, 1.807) is 12.1 Å². The van der Waals surface area contributed by atoms with Gasteiger partial charge in [0, 0.05) is 18.2 Å². The van der Waals surface area contributed by atoms with Gasteiger partial charge in [-0.2, -0.15) is 0 Å². The average Bonchev–Trinajstić information content (AvgIpc) is 2.28. The van der Waals surface area contributed by atoms with Gasteiger partial charge in [0.2, 0.25) is 0 Å². The molecule has 0 bridgehead atoms. The molecule has 17 heavy (non-hydrogen) atoms. The summed E-state index contributed by atoms with van der Waals surface area (Å²) in [4.78, 5) is 0. The van der Waals surface area contributed by atoms with Crippen molar-refractivity contribution >= 4 is 0 Å². The molecule has 1 atom stereocenters. The van der Waals surface area contributed by atoms with E-state index in [1.165, 1.54) is 12.5 Å². The maximum absolute atomic E-state index is 13.1. The first-order valence-electron chi connectivity index (χ1n) is 6.20. The zero-order valence-electron chi connectivity index (χ0n) is 10.8. The predicted molar refractivity (Wildman–Crippen MR) is 68.4 cm³/mol. The van der Waals surface area contributed by atoms with Gasteiger partial charge in [-0.05, 0) is 31.7 Å². The second kappa shape index (κ2) is 6.60. The van der Waals surface area contributed by atoms with Crippen molar-refractivity contribution in [2.75, 3.05) is 0 Å². The SMILES string of the molecule is CC(C)CCC(C)NCc1cccc(F)c1O. The fraction of sp³-hybridized carbons (Fsp3) is 0.571. The van der Waals surface area contributed by atoms with Crippen LogP contribution in [0.25, 0.3) is 0 Å². The zero-order valence-corrected chi connectivity index (χ0v) is 10.8. The summed E-state index contributed by atoms with van der Waals surface area (Å²) in [5.41, 5.74) is 0.612. The summed E-state index contributed by atoms with van der Waals surface area (Å²) in [6.45, 7) is 7.01. The van der Waals surface area contributed by atoms with Crippen molar-refractivity contribution in [2.24, 2.45) is 5.92 Å². The van der Waals surface area contributed by atoms with E-state index in [0.29, 0.717) is 24.1 Å². The van der Waals surface area contributed by atoms with Crippen LogP contribution in [0.5, 0.6) is 5.75 Å².